The lowest BCUT2D eigenvalue weighted by molar-refractivity contribution is 0.0711. The Hall–Kier alpha value is -0.0800. The molecule has 0 amide bonds. The summed E-state index contributed by atoms with van der Waals surface area (Å²) in [6.07, 6.45) is 5.94. The molecule has 11 heavy (non-hydrogen) atoms. The summed E-state index contributed by atoms with van der Waals surface area (Å²) in [5, 5.41) is 12.9. The molecule has 1 heterocycles. The zero-order valence-electron chi connectivity index (χ0n) is 6.92. The Balaban J connectivity index is 1.93. The van der Waals surface area contributed by atoms with Crippen molar-refractivity contribution in [2.75, 3.05) is 6.54 Å². The van der Waals surface area contributed by atoms with E-state index in [1.54, 1.807) is 0 Å². The van der Waals surface area contributed by atoms with Crippen LogP contribution < -0.4 is 5.32 Å². The number of hydrogen-bond acceptors (Lipinski definition) is 2. The third-order valence-corrected chi connectivity index (χ3v) is 3.12. The van der Waals surface area contributed by atoms with Gasteiger partial charge in [0.05, 0.1) is 6.10 Å². The highest BCUT2D eigenvalue weighted by Gasteiger charge is 2.30. The van der Waals surface area contributed by atoms with Crippen LogP contribution >= 0.6 is 0 Å². The molecule has 0 aromatic rings. The predicted octanol–water partition coefficient (Wildman–Crippen LogP) is 0.899. The minimum absolute atomic E-state index is 0.0261. The molecule has 0 spiro atoms. The van der Waals surface area contributed by atoms with Gasteiger partial charge in [0.1, 0.15) is 0 Å². The second-order valence-corrected chi connectivity index (χ2v) is 3.93. The monoisotopic (exact) mass is 155 g/mol. The second-order valence-electron chi connectivity index (χ2n) is 3.93. The van der Waals surface area contributed by atoms with Crippen molar-refractivity contribution in [3.05, 3.63) is 0 Å². The van der Waals surface area contributed by atoms with Crippen molar-refractivity contribution in [2.45, 2.75) is 44.2 Å². The molecule has 64 valence electrons. The Morgan fingerprint density at radius 2 is 2.09 bits per heavy atom. The van der Waals surface area contributed by atoms with Gasteiger partial charge in [-0.25, -0.2) is 0 Å². The Labute approximate surface area is 68.0 Å². The van der Waals surface area contributed by atoms with E-state index in [2.05, 4.69) is 5.32 Å². The van der Waals surface area contributed by atoms with E-state index in [-0.39, 0.29) is 6.10 Å². The van der Waals surface area contributed by atoms with Crippen molar-refractivity contribution in [3.63, 3.8) is 0 Å². The van der Waals surface area contributed by atoms with Gasteiger partial charge in [-0.3, -0.25) is 0 Å². The van der Waals surface area contributed by atoms with Crippen LogP contribution in [-0.4, -0.2) is 23.8 Å². The van der Waals surface area contributed by atoms with E-state index in [1.807, 2.05) is 0 Å². The molecule has 2 aliphatic rings. The lowest BCUT2D eigenvalue weighted by Gasteiger charge is -2.38. The van der Waals surface area contributed by atoms with Crippen LogP contribution in [0.5, 0.6) is 0 Å². The number of hydrogen-bond donors (Lipinski definition) is 2. The van der Waals surface area contributed by atoms with Gasteiger partial charge in [0.25, 0.3) is 0 Å². The molecular weight excluding hydrogens is 138 g/mol. The van der Waals surface area contributed by atoms with E-state index in [9.17, 15) is 5.11 Å². The van der Waals surface area contributed by atoms with Crippen LogP contribution in [0.2, 0.25) is 0 Å². The normalized spacial score (nSPS) is 45.0. The highest BCUT2D eigenvalue weighted by molar-refractivity contribution is 4.87. The maximum absolute atomic E-state index is 9.41. The lowest BCUT2D eigenvalue weighted by Crippen LogP contribution is -2.46. The molecule has 1 aliphatic carbocycles. The molecule has 0 aromatic carbocycles. The molecule has 0 radical (unpaired) electrons. The Kier molecular flexibility index (Phi) is 2.14. The van der Waals surface area contributed by atoms with Gasteiger partial charge in [-0.1, -0.05) is 0 Å². The van der Waals surface area contributed by atoms with Crippen LogP contribution in [-0.2, 0) is 0 Å². The summed E-state index contributed by atoms with van der Waals surface area (Å²) >= 11 is 0. The van der Waals surface area contributed by atoms with Gasteiger partial charge < -0.3 is 10.4 Å². The van der Waals surface area contributed by atoms with Crippen molar-refractivity contribution >= 4 is 0 Å². The van der Waals surface area contributed by atoms with Crippen LogP contribution in [0, 0.1) is 5.92 Å². The summed E-state index contributed by atoms with van der Waals surface area (Å²) < 4.78 is 0. The molecule has 0 aromatic heterocycles. The van der Waals surface area contributed by atoms with E-state index in [1.165, 1.54) is 19.3 Å². The maximum atomic E-state index is 9.41. The molecule has 1 saturated heterocycles. The summed E-state index contributed by atoms with van der Waals surface area (Å²) in [6, 6.07) is 0.632. The van der Waals surface area contributed by atoms with Crippen LogP contribution in [0.4, 0.5) is 0 Å². The maximum Gasteiger partial charge on any atom is 0.0555 e. The van der Waals surface area contributed by atoms with Crippen molar-refractivity contribution in [1.82, 2.24) is 5.32 Å². The molecular formula is C9H17NO. The smallest absolute Gasteiger partial charge is 0.0555 e. The molecule has 0 bridgehead atoms. The Morgan fingerprint density at radius 3 is 3.00 bits per heavy atom. The molecule has 2 rings (SSSR count). The van der Waals surface area contributed by atoms with Crippen LogP contribution in [0.15, 0.2) is 0 Å². The third-order valence-electron chi connectivity index (χ3n) is 3.12. The highest BCUT2D eigenvalue weighted by Crippen LogP contribution is 2.30. The van der Waals surface area contributed by atoms with E-state index in [4.69, 9.17) is 0 Å². The summed E-state index contributed by atoms with van der Waals surface area (Å²) in [5.74, 6) is 0.868. The molecule has 1 saturated carbocycles. The van der Waals surface area contributed by atoms with Crippen molar-refractivity contribution in [3.8, 4) is 0 Å². The summed E-state index contributed by atoms with van der Waals surface area (Å²) in [7, 11) is 0. The first-order valence-corrected chi connectivity index (χ1v) is 4.78. The van der Waals surface area contributed by atoms with Crippen LogP contribution in [0.3, 0.4) is 0 Å². The second kappa shape index (κ2) is 3.11. The van der Waals surface area contributed by atoms with Gasteiger partial charge in [-0.2, -0.15) is 0 Å². The van der Waals surface area contributed by atoms with Crippen LogP contribution in [0.25, 0.3) is 0 Å². The molecule has 2 nitrogen and oxygen atoms in total. The highest BCUT2D eigenvalue weighted by atomic mass is 16.3. The van der Waals surface area contributed by atoms with E-state index >= 15 is 0 Å². The van der Waals surface area contributed by atoms with Crippen molar-refractivity contribution in [1.29, 1.82) is 0 Å². The van der Waals surface area contributed by atoms with E-state index < -0.39 is 0 Å². The van der Waals surface area contributed by atoms with Gasteiger partial charge in [0.15, 0.2) is 0 Å². The standard InChI is InChI=1S/C9H17NO/c11-8-4-3-7-2-1-5-10-9(7)6-8/h7-11H,1-6H2/t7-,8+,9+/m0/s1. The quantitative estimate of drug-likeness (QED) is 0.544. The number of piperidine rings is 1. The first-order valence-electron chi connectivity index (χ1n) is 4.78. The van der Waals surface area contributed by atoms with Gasteiger partial charge in [-0.05, 0) is 44.6 Å². The average Bonchev–Trinajstić information content (AvgIpc) is 2.04. The largest absolute Gasteiger partial charge is 0.393 e. The summed E-state index contributed by atoms with van der Waals surface area (Å²) in [4.78, 5) is 0. The summed E-state index contributed by atoms with van der Waals surface area (Å²) in [5.41, 5.74) is 0. The predicted molar refractivity (Wildman–Crippen MR) is 44.4 cm³/mol. The Bertz CT molecular complexity index is 138. The van der Waals surface area contributed by atoms with Crippen molar-refractivity contribution in [2.24, 2.45) is 5.92 Å². The zero-order chi connectivity index (χ0) is 7.68. The number of nitrogens with one attached hydrogen (secondary N) is 1. The molecule has 3 atom stereocenters. The minimum atomic E-state index is -0.0261. The first kappa shape index (κ1) is 7.56. The van der Waals surface area contributed by atoms with E-state index in [0.29, 0.717) is 6.04 Å². The van der Waals surface area contributed by atoms with Crippen molar-refractivity contribution < 1.29 is 5.11 Å². The number of rotatable bonds is 0. The minimum Gasteiger partial charge on any atom is -0.393 e. The number of fused-ring (bicyclic) bond motifs is 1. The number of aliphatic hydroxyl groups excluding tert-OH is 1. The fraction of sp³-hybridized carbons (Fsp3) is 1.00. The van der Waals surface area contributed by atoms with Gasteiger partial charge in [-0.15, -0.1) is 0 Å². The van der Waals surface area contributed by atoms with Gasteiger partial charge in [0.2, 0.25) is 0 Å². The molecule has 1 aliphatic heterocycles. The van der Waals surface area contributed by atoms with Crippen LogP contribution in [0.1, 0.15) is 32.1 Å². The van der Waals surface area contributed by atoms with Gasteiger partial charge in [0, 0.05) is 6.04 Å². The molecule has 2 heteroatoms. The number of aliphatic hydroxyl groups is 1. The van der Waals surface area contributed by atoms with E-state index in [0.717, 1.165) is 25.3 Å². The molecule has 2 fully saturated rings. The lowest BCUT2D eigenvalue weighted by atomic mass is 9.78. The fourth-order valence-corrected chi connectivity index (χ4v) is 2.46. The third kappa shape index (κ3) is 1.57. The molecule has 0 unspecified atom stereocenters. The average molecular weight is 155 g/mol. The zero-order valence-corrected chi connectivity index (χ0v) is 6.92. The Morgan fingerprint density at radius 1 is 1.18 bits per heavy atom. The van der Waals surface area contributed by atoms with Gasteiger partial charge >= 0.3 is 0 Å². The fourth-order valence-electron chi connectivity index (χ4n) is 2.46. The first-order chi connectivity index (χ1) is 5.36. The summed E-state index contributed by atoms with van der Waals surface area (Å²) in [6.45, 7) is 1.16. The molecule has 2 N–H and O–H groups in total. The topological polar surface area (TPSA) is 32.3 Å². The SMILES string of the molecule is O[C@@H]1CC[C@@H]2CCCN[C@@H]2C1.